The SMILES string of the molecule is O=C(NCC1CC1)c1cnn2c1NC=NCCCCC=C2. The second kappa shape index (κ2) is 6.56. The number of carbonyl (C=O) groups excluding carboxylic acids is 1. The van der Waals surface area contributed by atoms with Gasteiger partial charge in [0, 0.05) is 19.3 Å². The molecule has 2 heterocycles. The third kappa shape index (κ3) is 3.71. The zero-order valence-corrected chi connectivity index (χ0v) is 12.1. The Hall–Kier alpha value is -2.11. The summed E-state index contributed by atoms with van der Waals surface area (Å²) >= 11 is 0. The molecule has 0 aromatic carbocycles. The Kier molecular flexibility index (Phi) is 4.33. The summed E-state index contributed by atoms with van der Waals surface area (Å²) in [6, 6.07) is 0. The molecule has 21 heavy (non-hydrogen) atoms. The Morgan fingerprint density at radius 1 is 1.43 bits per heavy atom. The van der Waals surface area contributed by atoms with Crippen molar-refractivity contribution in [1.82, 2.24) is 15.1 Å². The third-order valence-electron chi connectivity index (χ3n) is 3.74. The number of aromatic nitrogens is 2. The maximum Gasteiger partial charge on any atom is 0.256 e. The summed E-state index contributed by atoms with van der Waals surface area (Å²) in [6.07, 6.45) is 12.9. The smallest absolute Gasteiger partial charge is 0.256 e. The average Bonchev–Trinajstić information content (AvgIpc) is 3.24. The van der Waals surface area contributed by atoms with Crippen molar-refractivity contribution in [1.29, 1.82) is 0 Å². The fraction of sp³-hybridized carbons (Fsp3) is 0.533. The molecular weight excluding hydrogens is 266 g/mol. The van der Waals surface area contributed by atoms with Crippen molar-refractivity contribution in [2.45, 2.75) is 32.1 Å². The van der Waals surface area contributed by atoms with Gasteiger partial charge in [-0.3, -0.25) is 9.79 Å². The first kappa shape index (κ1) is 13.9. The molecule has 0 atom stereocenters. The maximum atomic E-state index is 12.3. The van der Waals surface area contributed by atoms with Crippen LogP contribution in [-0.2, 0) is 0 Å². The predicted molar refractivity (Wildman–Crippen MR) is 83.4 cm³/mol. The molecule has 1 aliphatic heterocycles. The van der Waals surface area contributed by atoms with Gasteiger partial charge in [-0.1, -0.05) is 6.08 Å². The lowest BCUT2D eigenvalue weighted by Gasteiger charge is -2.06. The Labute approximate surface area is 124 Å². The Balaban J connectivity index is 1.77. The molecule has 3 rings (SSSR count). The highest BCUT2D eigenvalue weighted by Crippen LogP contribution is 2.27. The van der Waals surface area contributed by atoms with Gasteiger partial charge in [-0.2, -0.15) is 5.10 Å². The average molecular weight is 287 g/mol. The van der Waals surface area contributed by atoms with E-state index >= 15 is 0 Å². The van der Waals surface area contributed by atoms with Crippen molar-refractivity contribution in [3.05, 3.63) is 17.8 Å². The molecule has 0 radical (unpaired) electrons. The summed E-state index contributed by atoms with van der Waals surface area (Å²) < 4.78 is 1.70. The van der Waals surface area contributed by atoms with Crippen LogP contribution in [0, 0.1) is 5.92 Å². The number of carbonyl (C=O) groups is 1. The molecule has 2 N–H and O–H groups in total. The standard InChI is InChI=1S/C15H21N5O/c21-15(17-9-12-5-6-12)13-10-19-20-8-4-2-1-3-7-16-11-18-14(13)20/h4,8,10-12H,1-3,5-7,9H2,(H,16,18)(H,17,21). The summed E-state index contributed by atoms with van der Waals surface area (Å²) in [6.45, 7) is 1.56. The van der Waals surface area contributed by atoms with E-state index in [0.717, 1.165) is 32.4 Å². The monoisotopic (exact) mass is 287 g/mol. The van der Waals surface area contributed by atoms with E-state index in [1.165, 1.54) is 12.8 Å². The molecule has 1 aromatic rings. The number of fused-ring (bicyclic) bond motifs is 1. The van der Waals surface area contributed by atoms with Gasteiger partial charge >= 0.3 is 0 Å². The van der Waals surface area contributed by atoms with Gasteiger partial charge in [-0.05, 0) is 38.0 Å². The van der Waals surface area contributed by atoms with Gasteiger partial charge < -0.3 is 10.6 Å². The molecule has 6 nitrogen and oxygen atoms in total. The van der Waals surface area contributed by atoms with Crippen LogP contribution in [0.5, 0.6) is 0 Å². The number of hydrogen-bond donors (Lipinski definition) is 2. The van der Waals surface area contributed by atoms with E-state index in [1.54, 1.807) is 17.2 Å². The molecular formula is C15H21N5O. The van der Waals surface area contributed by atoms with E-state index in [4.69, 9.17) is 0 Å². The van der Waals surface area contributed by atoms with E-state index < -0.39 is 0 Å². The number of amides is 1. The molecule has 0 spiro atoms. The molecule has 1 amide bonds. The van der Waals surface area contributed by atoms with Crippen molar-refractivity contribution in [3.63, 3.8) is 0 Å². The molecule has 1 saturated carbocycles. The van der Waals surface area contributed by atoms with Gasteiger partial charge in [-0.25, -0.2) is 4.68 Å². The minimum absolute atomic E-state index is 0.0766. The van der Waals surface area contributed by atoms with Gasteiger partial charge in [0.1, 0.15) is 11.4 Å². The molecule has 1 aliphatic carbocycles. The van der Waals surface area contributed by atoms with E-state index in [0.29, 0.717) is 17.3 Å². The largest absolute Gasteiger partial charge is 0.352 e. The van der Waals surface area contributed by atoms with Crippen molar-refractivity contribution < 1.29 is 4.79 Å². The minimum atomic E-state index is -0.0766. The zero-order valence-electron chi connectivity index (χ0n) is 12.1. The van der Waals surface area contributed by atoms with Crippen molar-refractivity contribution >= 4 is 24.3 Å². The van der Waals surface area contributed by atoms with Gasteiger partial charge in [-0.15, -0.1) is 0 Å². The van der Waals surface area contributed by atoms with Crippen molar-refractivity contribution in [2.75, 3.05) is 18.4 Å². The van der Waals surface area contributed by atoms with Crippen LogP contribution >= 0.6 is 0 Å². The van der Waals surface area contributed by atoms with Crippen LogP contribution in [0.15, 0.2) is 17.3 Å². The minimum Gasteiger partial charge on any atom is -0.352 e. The Bertz CT molecular complexity index is 556. The molecule has 0 unspecified atom stereocenters. The highest BCUT2D eigenvalue weighted by atomic mass is 16.1. The second-order valence-corrected chi connectivity index (χ2v) is 5.56. The van der Waals surface area contributed by atoms with E-state index in [2.05, 4.69) is 26.8 Å². The third-order valence-corrected chi connectivity index (χ3v) is 3.74. The quantitative estimate of drug-likeness (QED) is 0.894. The van der Waals surface area contributed by atoms with E-state index in [1.807, 2.05) is 6.20 Å². The number of anilines is 1. The lowest BCUT2D eigenvalue weighted by Crippen LogP contribution is -2.26. The van der Waals surface area contributed by atoms with Crippen molar-refractivity contribution in [2.24, 2.45) is 10.9 Å². The molecule has 0 saturated heterocycles. The lowest BCUT2D eigenvalue weighted by molar-refractivity contribution is 0.0952. The van der Waals surface area contributed by atoms with Crippen LogP contribution in [0.4, 0.5) is 5.82 Å². The first-order valence-corrected chi connectivity index (χ1v) is 7.62. The summed E-state index contributed by atoms with van der Waals surface area (Å²) in [5.74, 6) is 1.26. The first-order valence-electron chi connectivity index (χ1n) is 7.62. The van der Waals surface area contributed by atoms with E-state index in [9.17, 15) is 4.79 Å². The highest BCUT2D eigenvalue weighted by molar-refractivity contribution is 6.00. The Morgan fingerprint density at radius 2 is 2.33 bits per heavy atom. The lowest BCUT2D eigenvalue weighted by atomic mass is 10.2. The normalized spacial score (nSPS) is 18.5. The zero-order chi connectivity index (χ0) is 14.5. The molecule has 0 bridgehead atoms. The topological polar surface area (TPSA) is 71.3 Å². The Morgan fingerprint density at radius 3 is 3.19 bits per heavy atom. The molecule has 6 heteroatoms. The number of aliphatic imine (C=N–C) groups is 1. The first-order chi connectivity index (χ1) is 10.3. The van der Waals surface area contributed by atoms with Crippen LogP contribution in [0.1, 0.15) is 42.5 Å². The van der Waals surface area contributed by atoms with Crippen molar-refractivity contribution in [3.8, 4) is 0 Å². The van der Waals surface area contributed by atoms with Crippen LogP contribution in [0.3, 0.4) is 0 Å². The number of nitrogens with one attached hydrogen (secondary N) is 2. The maximum absolute atomic E-state index is 12.3. The fourth-order valence-electron chi connectivity index (χ4n) is 2.25. The summed E-state index contributed by atoms with van der Waals surface area (Å²) in [5.41, 5.74) is 0.561. The summed E-state index contributed by atoms with van der Waals surface area (Å²) in [5, 5.41) is 10.3. The summed E-state index contributed by atoms with van der Waals surface area (Å²) in [4.78, 5) is 16.6. The second-order valence-electron chi connectivity index (χ2n) is 5.56. The van der Waals surface area contributed by atoms with Crippen LogP contribution in [0.2, 0.25) is 0 Å². The van der Waals surface area contributed by atoms with Crippen LogP contribution < -0.4 is 10.6 Å². The van der Waals surface area contributed by atoms with E-state index in [-0.39, 0.29) is 5.91 Å². The van der Waals surface area contributed by atoms with Gasteiger partial charge in [0.15, 0.2) is 0 Å². The van der Waals surface area contributed by atoms with Gasteiger partial charge in [0.25, 0.3) is 5.91 Å². The van der Waals surface area contributed by atoms with Crippen LogP contribution in [0.25, 0.3) is 6.20 Å². The fourth-order valence-corrected chi connectivity index (χ4v) is 2.25. The number of rotatable bonds is 3. The molecule has 1 aromatic heterocycles. The predicted octanol–water partition coefficient (Wildman–Crippen LogP) is 2.12. The van der Waals surface area contributed by atoms with Crippen LogP contribution in [-0.4, -0.2) is 35.1 Å². The molecule has 112 valence electrons. The number of nitrogens with zero attached hydrogens (tertiary/aromatic N) is 3. The van der Waals surface area contributed by atoms with Gasteiger partial charge in [0.05, 0.1) is 12.5 Å². The molecule has 2 aliphatic rings. The van der Waals surface area contributed by atoms with Gasteiger partial charge in [0.2, 0.25) is 0 Å². The molecule has 1 fully saturated rings. The number of hydrogen-bond acceptors (Lipinski definition) is 4. The highest BCUT2D eigenvalue weighted by Gasteiger charge is 2.23. The number of allylic oxidation sites excluding steroid dienone is 1. The summed E-state index contributed by atoms with van der Waals surface area (Å²) in [7, 11) is 0.